The molecule has 1 spiro atoms. The number of aromatic nitrogens is 3. The van der Waals surface area contributed by atoms with E-state index < -0.39 is 0 Å². The fourth-order valence-corrected chi connectivity index (χ4v) is 7.15. The summed E-state index contributed by atoms with van der Waals surface area (Å²) in [7, 11) is 0. The maximum atomic E-state index is 10.2. The molecule has 6 heterocycles. The summed E-state index contributed by atoms with van der Waals surface area (Å²) in [6.45, 7) is 8.62. The van der Waals surface area contributed by atoms with Gasteiger partial charge in [-0.15, -0.1) is 0 Å². The third-order valence-electron chi connectivity index (χ3n) is 8.55. The molecule has 0 amide bonds. The summed E-state index contributed by atoms with van der Waals surface area (Å²) in [6.07, 6.45) is 7.80. The third kappa shape index (κ3) is 4.72. The molecule has 4 atom stereocenters. The van der Waals surface area contributed by atoms with Crippen molar-refractivity contribution in [1.82, 2.24) is 15.0 Å². The Labute approximate surface area is 228 Å². The van der Waals surface area contributed by atoms with Crippen LogP contribution in [-0.4, -0.2) is 83.8 Å². The molecule has 11 heteroatoms. The molecule has 0 aromatic carbocycles. The van der Waals surface area contributed by atoms with E-state index in [1.54, 1.807) is 6.20 Å². The quantitative estimate of drug-likeness (QED) is 0.537. The number of piperidine rings is 1. The van der Waals surface area contributed by atoms with Gasteiger partial charge in [0, 0.05) is 43.9 Å². The predicted octanol–water partition coefficient (Wildman–Crippen LogP) is 2.61. The maximum Gasteiger partial charge on any atom is 0.175 e. The second kappa shape index (κ2) is 10.8. The van der Waals surface area contributed by atoms with Crippen LogP contribution >= 0.6 is 11.8 Å². The first kappa shape index (κ1) is 26.1. The lowest BCUT2D eigenvalue weighted by Crippen LogP contribution is -2.51. The van der Waals surface area contributed by atoms with E-state index in [0.29, 0.717) is 12.3 Å². The van der Waals surface area contributed by atoms with Crippen molar-refractivity contribution >= 4 is 23.4 Å². The highest BCUT2D eigenvalue weighted by molar-refractivity contribution is 7.99. The number of nitrogens with zero attached hydrogens (tertiary/aromatic N) is 5. The molecule has 2 aromatic rings. The number of aliphatic hydroxyl groups excluding tert-OH is 1. The average Bonchev–Trinajstić information content (AvgIpc) is 3.49. The van der Waals surface area contributed by atoms with E-state index in [-0.39, 0.29) is 36.3 Å². The highest BCUT2D eigenvalue weighted by atomic mass is 32.2. The summed E-state index contributed by atoms with van der Waals surface area (Å²) in [5.41, 5.74) is 7.11. The molecule has 206 valence electrons. The van der Waals surface area contributed by atoms with E-state index in [0.717, 1.165) is 85.8 Å². The molecule has 2 aromatic heterocycles. The molecule has 3 fully saturated rings. The van der Waals surface area contributed by atoms with Crippen LogP contribution in [0.5, 0.6) is 5.75 Å². The molecule has 10 nitrogen and oxygen atoms in total. The number of pyridine rings is 1. The summed E-state index contributed by atoms with van der Waals surface area (Å²) in [5.74, 6) is 2.40. The van der Waals surface area contributed by atoms with Crippen molar-refractivity contribution in [3.63, 3.8) is 0 Å². The Bertz CT molecular complexity index is 1150. The molecular weight excluding hydrogens is 504 g/mol. The lowest BCUT2D eigenvalue weighted by atomic mass is 9.73. The average molecular weight is 543 g/mol. The van der Waals surface area contributed by atoms with Gasteiger partial charge in [-0.25, -0.2) is 15.0 Å². The van der Waals surface area contributed by atoms with E-state index in [1.807, 2.05) is 12.3 Å². The lowest BCUT2D eigenvalue weighted by Gasteiger charge is -2.41. The Balaban J connectivity index is 1.16. The fraction of sp³-hybridized carbons (Fsp3) is 0.667. The van der Waals surface area contributed by atoms with Gasteiger partial charge in [0.25, 0.3) is 0 Å². The van der Waals surface area contributed by atoms with Crippen LogP contribution in [-0.2, 0) is 16.1 Å². The van der Waals surface area contributed by atoms with Gasteiger partial charge >= 0.3 is 0 Å². The molecule has 3 N–H and O–H groups in total. The van der Waals surface area contributed by atoms with Crippen LogP contribution in [0.25, 0.3) is 0 Å². The first-order chi connectivity index (χ1) is 18.5. The molecule has 0 bridgehead atoms. The van der Waals surface area contributed by atoms with Crippen LogP contribution in [0.4, 0.5) is 11.6 Å². The van der Waals surface area contributed by atoms with Crippen molar-refractivity contribution in [2.75, 3.05) is 49.3 Å². The van der Waals surface area contributed by atoms with Crippen molar-refractivity contribution in [3.8, 4) is 5.75 Å². The number of ether oxygens (including phenoxy) is 3. The van der Waals surface area contributed by atoms with Gasteiger partial charge in [-0.05, 0) is 38.7 Å². The summed E-state index contributed by atoms with van der Waals surface area (Å²) < 4.78 is 18.1. The van der Waals surface area contributed by atoms with E-state index in [4.69, 9.17) is 29.9 Å². The largest absolute Gasteiger partial charge is 0.486 e. The number of anilines is 2. The van der Waals surface area contributed by atoms with Crippen LogP contribution in [0.15, 0.2) is 28.4 Å². The Morgan fingerprint density at radius 2 is 2.11 bits per heavy atom. The second-order valence-electron chi connectivity index (χ2n) is 10.9. The van der Waals surface area contributed by atoms with Gasteiger partial charge in [0.15, 0.2) is 17.4 Å². The molecule has 38 heavy (non-hydrogen) atoms. The Kier molecular flexibility index (Phi) is 7.38. The van der Waals surface area contributed by atoms with Crippen molar-refractivity contribution in [3.05, 3.63) is 24.2 Å². The van der Waals surface area contributed by atoms with Crippen molar-refractivity contribution in [2.45, 2.75) is 80.4 Å². The zero-order valence-corrected chi connectivity index (χ0v) is 23.0. The number of aliphatic hydroxyl groups is 1. The van der Waals surface area contributed by atoms with Crippen LogP contribution in [0.3, 0.4) is 0 Å². The standard InChI is InChI=1S/C27H38N6O4S/c1-3-10-35-19-11-18-15-36-23-21(4-7-29-26(23)33(18)13-19)38-22-12-30-25(20(14-34)31-22)32-8-5-27(6-9-32)16-37-17(2)24(27)28/h4,7,12,17-19,24,34H,3,5-6,8-11,13-16,28H2,1-2H3/t17-,18-,19-,24+/m0/s1. The number of hydrogen-bond acceptors (Lipinski definition) is 11. The van der Waals surface area contributed by atoms with Gasteiger partial charge in [-0.2, -0.15) is 0 Å². The number of rotatable bonds is 7. The van der Waals surface area contributed by atoms with Gasteiger partial charge in [-0.1, -0.05) is 18.7 Å². The maximum absolute atomic E-state index is 10.2. The second-order valence-corrected chi connectivity index (χ2v) is 12.0. The monoisotopic (exact) mass is 542 g/mol. The van der Waals surface area contributed by atoms with Crippen LogP contribution in [0.1, 0.15) is 45.2 Å². The molecular formula is C27H38N6O4S. The molecule has 0 aliphatic carbocycles. The SMILES string of the molecule is CCCO[C@H]1C[C@H]2COc3c(Sc4cnc(N5CCC6(CC5)CO[C@@H](C)[C@H]6N)c(CO)n4)ccnc3N2C1. The number of nitrogens with two attached hydrogens (primary N) is 1. The third-order valence-corrected chi connectivity index (χ3v) is 9.49. The zero-order chi connectivity index (χ0) is 26.3. The Hall–Kier alpha value is -2.18. The van der Waals surface area contributed by atoms with Gasteiger partial charge in [0.1, 0.15) is 17.3 Å². The summed E-state index contributed by atoms with van der Waals surface area (Å²) in [5, 5.41) is 10.9. The van der Waals surface area contributed by atoms with E-state index in [1.165, 1.54) is 11.8 Å². The lowest BCUT2D eigenvalue weighted by molar-refractivity contribution is 0.0655. The molecule has 4 aliphatic rings. The minimum absolute atomic E-state index is 0.0371. The molecule has 0 unspecified atom stereocenters. The first-order valence-electron chi connectivity index (χ1n) is 13.8. The highest BCUT2D eigenvalue weighted by Gasteiger charge is 2.48. The molecule has 4 aliphatic heterocycles. The summed E-state index contributed by atoms with van der Waals surface area (Å²) in [4.78, 5) is 19.7. The van der Waals surface area contributed by atoms with Crippen LogP contribution in [0.2, 0.25) is 0 Å². The van der Waals surface area contributed by atoms with E-state index in [9.17, 15) is 5.11 Å². The number of fused-ring (bicyclic) bond motifs is 3. The van der Waals surface area contributed by atoms with Gasteiger partial charge in [0.05, 0.1) is 42.6 Å². The van der Waals surface area contributed by atoms with Gasteiger partial charge in [0.2, 0.25) is 0 Å². The van der Waals surface area contributed by atoms with Crippen molar-refractivity contribution in [1.29, 1.82) is 0 Å². The van der Waals surface area contributed by atoms with Crippen molar-refractivity contribution in [2.24, 2.45) is 11.1 Å². The van der Waals surface area contributed by atoms with E-state index >= 15 is 0 Å². The van der Waals surface area contributed by atoms with Gasteiger partial charge in [-0.3, -0.25) is 0 Å². The van der Waals surface area contributed by atoms with E-state index in [2.05, 4.69) is 28.6 Å². The smallest absolute Gasteiger partial charge is 0.175 e. The normalized spacial score (nSPS) is 27.9. The predicted molar refractivity (Wildman–Crippen MR) is 145 cm³/mol. The minimum atomic E-state index is -0.169. The van der Waals surface area contributed by atoms with Crippen LogP contribution < -0.4 is 20.3 Å². The molecule has 6 rings (SSSR count). The van der Waals surface area contributed by atoms with Crippen LogP contribution in [0, 0.1) is 5.41 Å². The fourth-order valence-electron chi connectivity index (χ4n) is 6.29. The zero-order valence-electron chi connectivity index (χ0n) is 22.2. The van der Waals surface area contributed by atoms with Crippen molar-refractivity contribution < 1.29 is 19.3 Å². The summed E-state index contributed by atoms with van der Waals surface area (Å²) >= 11 is 1.49. The highest BCUT2D eigenvalue weighted by Crippen LogP contribution is 2.45. The topological polar surface area (TPSA) is 119 Å². The molecule has 3 saturated heterocycles. The Morgan fingerprint density at radius 3 is 2.84 bits per heavy atom. The summed E-state index contributed by atoms with van der Waals surface area (Å²) in [6, 6.07) is 2.30. The molecule has 0 saturated carbocycles. The first-order valence-corrected chi connectivity index (χ1v) is 14.6. The number of hydrogen-bond donors (Lipinski definition) is 2. The minimum Gasteiger partial charge on any atom is -0.486 e. The molecule has 0 radical (unpaired) electrons. The Morgan fingerprint density at radius 1 is 1.26 bits per heavy atom. The van der Waals surface area contributed by atoms with Gasteiger partial charge < -0.3 is 34.9 Å².